The van der Waals surface area contributed by atoms with Gasteiger partial charge in [0.05, 0.1) is 11.1 Å². The summed E-state index contributed by atoms with van der Waals surface area (Å²) < 4.78 is 0. The summed E-state index contributed by atoms with van der Waals surface area (Å²) in [5.41, 5.74) is 0.148. The van der Waals surface area contributed by atoms with Crippen LogP contribution < -0.4 is 0 Å². The summed E-state index contributed by atoms with van der Waals surface area (Å²) in [5.74, 6) is 0. The molecule has 2 nitrogen and oxygen atoms in total. The lowest BCUT2D eigenvalue weighted by atomic mass is 9.91. The van der Waals surface area contributed by atoms with Gasteiger partial charge < -0.3 is 4.79 Å². The Balaban J connectivity index is 3.11. The summed E-state index contributed by atoms with van der Waals surface area (Å²) >= 11 is 5.68. The van der Waals surface area contributed by atoms with E-state index in [9.17, 15) is 4.79 Å². The number of carbonyl (C=O) groups is 1. The molecule has 0 atom stereocenters. The van der Waals surface area contributed by atoms with Gasteiger partial charge in [0.1, 0.15) is 11.4 Å². The number of hydrogen-bond donors (Lipinski definition) is 0. The van der Waals surface area contributed by atoms with Crippen LogP contribution in [0.2, 0.25) is 5.15 Å². The Hall–Kier alpha value is -0.890. The first-order valence-electron chi connectivity index (χ1n) is 3.65. The quantitative estimate of drug-likeness (QED) is 0.520. The molecule has 1 heterocycles. The summed E-state index contributed by atoms with van der Waals surface area (Å²) in [6.07, 6.45) is 0.867. The lowest BCUT2D eigenvalue weighted by Gasteiger charge is -2.15. The van der Waals surface area contributed by atoms with E-state index in [1.807, 2.05) is 0 Å². The van der Waals surface area contributed by atoms with Crippen LogP contribution in [0.4, 0.5) is 0 Å². The summed E-state index contributed by atoms with van der Waals surface area (Å²) in [5, 5.41) is 0.419. The molecule has 1 aromatic heterocycles. The molecular formula is C9H10ClNO. The minimum Gasteiger partial charge on any atom is -0.302 e. The van der Waals surface area contributed by atoms with Crippen molar-refractivity contribution in [2.45, 2.75) is 19.3 Å². The minimum absolute atomic E-state index is 0.419. The van der Waals surface area contributed by atoms with Gasteiger partial charge in [0, 0.05) is 0 Å². The third-order valence-corrected chi connectivity index (χ3v) is 1.88. The van der Waals surface area contributed by atoms with Crippen LogP contribution in [0.15, 0.2) is 18.2 Å². The molecule has 0 N–H and O–H groups in total. The lowest BCUT2D eigenvalue weighted by Crippen LogP contribution is -2.20. The fourth-order valence-corrected chi connectivity index (χ4v) is 0.991. The molecule has 0 aliphatic rings. The monoisotopic (exact) mass is 183 g/mol. The summed E-state index contributed by atoms with van der Waals surface area (Å²) in [4.78, 5) is 14.7. The lowest BCUT2D eigenvalue weighted by molar-refractivity contribution is -0.111. The Labute approximate surface area is 76.6 Å². The minimum atomic E-state index is -0.551. The smallest absolute Gasteiger partial charge is 0.131 e. The van der Waals surface area contributed by atoms with E-state index in [1.165, 1.54) is 0 Å². The zero-order chi connectivity index (χ0) is 9.19. The number of pyridine rings is 1. The van der Waals surface area contributed by atoms with Gasteiger partial charge in [0.25, 0.3) is 0 Å². The molecular weight excluding hydrogens is 174 g/mol. The maximum Gasteiger partial charge on any atom is 0.131 e. The first-order chi connectivity index (χ1) is 5.56. The molecule has 3 heteroatoms. The number of carbonyl (C=O) groups excluding carboxylic acids is 1. The highest BCUT2D eigenvalue weighted by atomic mass is 35.5. The maximum atomic E-state index is 10.7. The predicted molar refractivity (Wildman–Crippen MR) is 48.3 cm³/mol. The molecule has 0 aromatic carbocycles. The molecule has 1 aromatic rings. The zero-order valence-electron chi connectivity index (χ0n) is 7.04. The number of nitrogens with zero attached hydrogens (tertiary/aromatic N) is 1. The van der Waals surface area contributed by atoms with Gasteiger partial charge in [-0.05, 0) is 26.0 Å². The molecule has 0 radical (unpaired) electrons. The van der Waals surface area contributed by atoms with Gasteiger partial charge in [-0.1, -0.05) is 17.7 Å². The van der Waals surface area contributed by atoms with Gasteiger partial charge in [-0.25, -0.2) is 4.98 Å². The molecule has 64 valence electrons. The SMILES string of the molecule is CC(C)(C=O)c1cccc(Cl)n1. The highest BCUT2D eigenvalue weighted by molar-refractivity contribution is 6.29. The fourth-order valence-electron chi connectivity index (χ4n) is 0.827. The summed E-state index contributed by atoms with van der Waals surface area (Å²) in [6, 6.07) is 5.27. The number of hydrogen-bond acceptors (Lipinski definition) is 2. The van der Waals surface area contributed by atoms with Gasteiger partial charge in [0.15, 0.2) is 0 Å². The molecule has 12 heavy (non-hydrogen) atoms. The number of halogens is 1. The van der Waals surface area contributed by atoms with E-state index in [2.05, 4.69) is 4.98 Å². The molecule has 0 unspecified atom stereocenters. The molecule has 0 bridgehead atoms. The maximum absolute atomic E-state index is 10.7. The Bertz CT molecular complexity index is 296. The van der Waals surface area contributed by atoms with Gasteiger partial charge in [0.2, 0.25) is 0 Å². The van der Waals surface area contributed by atoms with Crippen LogP contribution >= 0.6 is 11.6 Å². The van der Waals surface area contributed by atoms with Crippen molar-refractivity contribution in [2.75, 3.05) is 0 Å². The van der Waals surface area contributed by atoms with Crippen molar-refractivity contribution in [3.63, 3.8) is 0 Å². The fraction of sp³-hybridized carbons (Fsp3) is 0.333. The van der Waals surface area contributed by atoms with Crippen molar-refractivity contribution in [3.8, 4) is 0 Å². The Morgan fingerprint density at radius 1 is 1.50 bits per heavy atom. The molecule has 0 spiro atoms. The average Bonchev–Trinajstić information content (AvgIpc) is 2.05. The van der Waals surface area contributed by atoms with Crippen molar-refractivity contribution >= 4 is 17.9 Å². The number of aldehydes is 1. The number of aromatic nitrogens is 1. The highest BCUT2D eigenvalue weighted by Crippen LogP contribution is 2.19. The van der Waals surface area contributed by atoms with Crippen LogP contribution in [-0.2, 0) is 10.2 Å². The summed E-state index contributed by atoms with van der Waals surface area (Å²) in [6.45, 7) is 3.61. The van der Waals surface area contributed by atoms with Crippen molar-refractivity contribution in [1.29, 1.82) is 0 Å². The molecule has 0 aliphatic heterocycles. The van der Waals surface area contributed by atoms with E-state index >= 15 is 0 Å². The van der Waals surface area contributed by atoms with Crippen molar-refractivity contribution < 1.29 is 4.79 Å². The van der Waals surface area contributed by atoms with E-state index in [4.69, 9.17) is 11.6 Å². The van der Waals surface area contributed by atoms with Gasteiger partial charge in [-0.3, -0.25) is 0 Å². The van der Waals surface area contributed by atoms with Crippen molar-refractivity contribution in [1.82, 2.24) is 4.98 Å². The second-order valence-electron chi connectivity index (χ2n) is 3.19. The van der Waals surface area contributed by atoms with E-state index in [0.29, 0.717) is 10.8 Å². The van der Waals surface area contributed by atoms with E-state index in [0.717, 1.165) is 6.29 Å². The molecule has 0 amide bonds. The van der Waals surface area contributed by atoms with Crippen molar-refractivity contribution in [3.05, 3.63) is 29.0 Å². The van der Waals surface area contributed by atoms with Crippen LogP contribution in [0.3, 0.4) is 0 Å². The van der Waals surface area contributed by atoms with E-state index in [-0.39, 0.29) is 0 Å². The normalized spacial score (nSPS) is 11.2. The van der Waals surface area contributed by atoms with E-state index in [1.54, 1.807) is 32.0 Å². The molecule has 0 saturated carbocycles. The first kappa shape index (κ1) is 9.20. The number of rotatable bonds is 2. The third kappa shape index (κ3) is 1.83. The van der Waals surface area contributed by atoms with Crippen LogP contribution in [0.25, 0.3) is 0 Å². The van der Waals surface area contributed by atoms with Crippen molar-refractivity contribution in [2.24, 2.45) is 0 Å². The first-order valence-corrected chi connectivity index (χ1v) is 4.03. The molecule has 0 aliphatic carbocycles. The second-order valence-corrected chi connectivity index (χ2v) is 3.57. The third-order valence-electron chi connectivity index (χ3n) is 1.67. The van der Waals surface area contributed by atoms with Crippen LogP contribution in [0.1, 0.15) is 19.5 Å². The van der Waals surface area contributed by atoms with Gasteiger partial charge in [-0.2, -0.15) is 0 Å². The highest BCUT2D eigenvalue weighted by Gasteiger charge is 2.20. The largest absolute Gasteiger partial charge is 0.302 e. The van der Waals surface area contributed by atoms with E-state index < -0.39 is 5.41 Å². The molecule has 0 fully saturated rings. The van der Waals surface area contributed by atoms with Crippen LogP contribution in [0, 0.1) is 0 Å². The second kappa shape index (κ2) is 3.23. The standard InChI is InChI=1S/C9H10ClNO/c1-9(2,6-12)7-4-3-5-8(10)11-7/h3-6H,1-2H3. The topological polar surface area (TPSA) is 30.0 Å². The Morgan fingerprint density at radius 2 is 2.17 bits per heavy atom. The average molecular weight is 184 g/mol. The van der Waals surface area contributed by atoms with Gasteiger partial charge in [-0.15, -0.1) is 0 Å². The summed E-state index contributed by atoms with van der Waals surface area (Å²) in [7, 11) is 0. The Kier molecular flexibility index (Phi) is 2.48. The Morgan fingerprint density at radius 3 is 2.67 bits per heavy atom. The van der Waals surface area contributed by atoms with Crippen LogP contribution in [0.5, 0.6) is 0 Å². The zero-order valence-corrected chi connectivity index (χ0v) is 7.80. The van der Waals surface area contributed by atoms with Crippen LogP contribution in [-0.4, -0.2) is 11.3 Å². The predicted octanol–water partition coefficient (Wildman–Crippen LogP) is 2.21. The molecule has 0 saturated heterocycles. The molecule has 1 rings (SSSR count). The van der Waals surface area contributed by atoms with Gasteiger partial charge >= 0.3 is 0 Å².